The number of hydrogen-bond donors (Lipinski definition) is 2. The van der Waals surface area contributed by atoms with Crippen molar-refractivity contribution in [1.29, 1.82) is 0 Å². The number of nitrogens with one attached hydrogen (secondary N) is 2. The van der Waals surface area contributed by atoms with Crippen LogP contribution in [-0.2, 0) is 11.2 Å². The topological polar surface area (TPSA) is 50.4 Å². The van der Waals surface area contributed by atoms with Gasteiger partial charge in [0.15, 0.2) is 0 Å². The minimum atomic E-state index is 0.0672. The van der Waals surface area contributed by atoms with Crippen molar-refractivity contribution in [3.63, 3.8) is 0 Å². The Bertz CT molecular complexity index is 474. The second-order valence-corrected chi connectivity index (χ2v) is 5.49. The number of rotatable bonds is 7. The Hall–Kier alpha value is -1.55. The summed E-state index contributed by atoms with van der Waals surface area (Å²) in [5, 5.41) is 6.17. The van der Waals surface area contributed by atoms with Crippen LogP contribution in [-0.4, -0.2) is 26.1 Å². The van der Waals surface area contributed by atoms with Gasteiger partial charge in [0.25, 0.3) is 0 Å². The van der Waals surface area contributed by atoms with Gasteiger partial charge in [0.2, 0.25) is 5.91 Å². The highest BCUT2D eigenvalue weighted by atomic mass is 16.5. The van der Waals surface area contributed by atoms with Crippen molar-refractivity contribution in [3.05, 3.63) is 29.3 Å². The van der Waals surface area contributed by atoms with E-state index in [0.29, 0.717) is 19.1 Å². The van der Waals surface area contributed by atoms with E-state index in [4.69, 9.17) is 4.74 Å². The van der Waals surface area contributed by atoms with Crippen molar-refractivity contribution in [2.75, 3.05) is 20.2 Å². The minimum absolute atomic E-state index is 0.0672. The molecule has 1 unspecified atom stereocenters. The average Bonchev–Trinajstić information content (AvgIpc) is 2.51. The van der Waals surface area contributed by atoms with E-state index in [9.17, 15) is 4.79 Å². The molecule has 0 radical (unpaired) electrons. The first-order valence-electron chi connectivity index (χ1n) is 7.94. The normalized spacial score (nSPS) is 17.1. The summed E-state index contributed by atoms with van der Waals surface area (Å²) < 4.78 is 5.76. The van der Waals surface area contributed by atoms with Gasteiger partial charge in [-0.15, -0.1) is 0 Å². The molecule has 0 aliphatic heterocycles. The molecule has 1 aliphatic rings. The molecule has 1 aliphatic carbocycles. The lowest BCUT2D eigenvalue weighted by Crippen LogP contribution is -2.24. The lowest BCUT2D eigenvalue weighted by molar-refractivity contribution is -0.120. The lowest BCUT2D eigenvalue weighted by atomic mass is 9.87. The van der Waals surface area contributed by atoms with Gasteiger partial charge in [-0.25, -0.2) is 0 Å². The van der Waals surface area contributed by atoms with E-state index in [-0.39, 0.29) is 5.91 Å². The van der Waals surface area contributed by atoms with E-state index in [0.717, 1.165) is 25.1 Å². The molecule has 0 heterocycles. The van der Waals surface area contributed by atoms with Crippen LogP contribution in [0.2, 0.25) is 0 Å². The fourth-order valence-electron chi connectivity index (χ4n) is 2.89. The van der Waals surface area contributed by atoms with Gasteiger partial charge in [0.1, 0.15) is 5.75 Å². The van der Waals surface area contributed by atoms with Crippen LogP contribution in [0, 0.1) is 0 Å². The number of amides is 1. The molecule has 2 N–H and O–H groups in total. The van der Waals surface area contributed by atoms with E-state index >= 15 is 0 Å². The van der Waals surface area contributed by atoms with Crippen LogP contribution >= 0.6 is 0 Å². The molecule has 4 nitrogen and oxygen atoms in total. The molecule has 116 valence electrons. The second-order valence-electron chi connectivity index (χ2n) is 5.49. The van der Waals surface area contributed by atoms with Crippen molar-refractivity contribution < 1.29 is 9.53 Å². The van der Waals surface area contributed by atoms with Crippen LogP contribution < -0.4 is 15.4 Å². The molecule has 0 spiro atoms. The van der Waals surface area contributed by atoms with Gasteiger partial charge in [-0.05, 0) is 55.5 Å². The number of benzene rings is 1. The van der Waals surface area contributed by atoms with Crippen molar-refractivity contribution >= 4 is 5.91 Å². The zero-order valence-corrected chi connectivity index (χ0v) is 13.1. The number of ether oxygens (including phenoxy) is 1. The van der Waals surface area contributed by atoms with E-state index < -0.39 is 0 Å². The van der Waals surface area contributed by atoms with E-state index in [2.05, 4.69) is 29.7 Å². The summed E-state index contributed by atoms with van der Waals surface area (Å²) in [4.78, 5) is 11.1. The number of fused-ring (bicyclic) bond motifs is 1. The summed E-state index contributed by atoms with van der Waals surface area (Å²) in [6.07, 6.45) is 4.84. The Morgan fingerprint density at radius 3 is 3.05 bits per heavy atom. The van der Waals surface area contributed by atoms with Gasteiger partial charge in [-0.2, -0.15) is 0 Å². The number of carbonyl (C=O) groups is 1. The molecular formula is C17H26N2O2. The zero-order valence-electron chi connectivity index (χ0n) is 13.1. The van der Waals surface area contributed by atoms with Gasteiger partial charge in [-0.3, -0.25) is 4.79 Å². The van der Waals surface area contributed by atoms with Gasteiger partial charge in [0.05, 0.1) is 6.61 Å². The summed E-state index contributed by atoms with van der Waals surface area (Å²) >= 11 is 0. The molecule has 1 amide bonds. The van der Waals surface area contributed by atoms with Crippen molar-refractivity contribution in [3.8, 4) is 5.75 Å². The third-order valence-electron chi connectivity index (χ3n) is 3.98. The Morgan fingerprint density at radius 1 is 1.43 bits per heavy atom. The van der Waals surface area contributed by atoms with Gasteiger partial charge < -0.3 is 15.4 Å². The van der Waals surface area contributed by atoms with Gasteiger partial charge >= 0.3 is 0 Å². The highest BCUT2D eigenvalue weighted by molar-refractivity contribution is 5.75. The van der Waals surface area contributed by atoms with Crippen LogP contribution in [0.5, 0.6) is 5.75 Å². The molecule has 4 heteroatoms. The zero-order chi connectivity index (χ0) is 15.1. The molecule has 1 aromatic rings. The Morgan fingerprint density at radius 2 is 2.29 bits per heavy atom. The van der Waals surface area contributed by atoms with Crippen LogP contribution in [0.15, 0.2) is 18.2 Å². The molecular weight excluding hydrogens is 264 g/mol. The smallest absolute Gasteiger partial charge is 0.219 e. The second kappa shape index (κ2) is 8.03. The third kappa shape index (κ3) is 4.46. The molecule has 0 fully saturated rings. The molecule has 0 saturated heterocycles. The fraction of sp³-hybridized carbons (Fsp3) is 0.588. The standard InChI is InChI=1S/C17H26N2O2/c1-3-19-16-7-4-6-13-12-14(9-10-15(13)16)21-11-5-8-17(20)18-2/h9-10,12,16,19H,3-8,11H2,1-2H3,(H,18,20). The van der Waals surface area contributed by atoms with Crippen LogP contribution in [0.3, 0.4) is 0 Å². The van der Waals surface area contributed by atoms with Crippen LogP contribution in [0.4, 0.5) is 0 Å². The van der Waals surface area contributed by atoms with Crippen molar-refractivity contribution in [1.82, 2.24) is 10.6 Å². The maximum atomic E-state index is 11.1. The summed E-state index contributed by atoms with van der Waals surface area (Å²) in [7, 11) is 1.66. The first kappa shape index (κ1) is 15.8. The van der Waals surface area contributed by atoms with E-state index in [1.165, 1.54) is 24.0 Å². The first-order valence-corrected chi connectivity index (χ1v) is 7.94. The summed E-state index contributed by atoms with van der Waals surface area (Å²) in [5.41, 5.74) is 2.82. The van der Waals surface area contributed by atoms with Crippen LogP contribution in [0.25, 0.3) is 0 Å². The fourth-order valence-corrected chi connectivity index (χ4v) is 2.89. The largest absolute Gasteiger partial charge is 0.494 e. The van der Waals surface area contributed by atoms with E-state index in [1.54, 1.807) is 7.05 Å². The summed E-state index contributed by atoms with van der Waals surface area (Å²) in [5.74, 6) is 0.986. The Kier molecular flexibility index (Phi) is 6.05. The monoisotopic (exact) mass is 290 g/mol. The van der Waals surface area contributed by atoms with Crippen molar-refractivity contribution in [2.45, 2.75) is 45.1 Å². The number of hydrogen-bond acceptors (Lipinski definition) is 3. The first-order chi connectivity index (χ1) is 10.2. The van der Waals surface area contributed by atoms with Gasteiger partial charge in [0, 0.05) is 19.5 Å². The van der Waals surface area contributed by atoms with Gasteiger partial charge in [-0.1, -0.05) is 13.0 Å². The number of carbonyl (C=O) groups excluding carboxylic acids is 1. The quantitative estimate of drug-likeness (QED) is 0.759. The minimum Gasteiger partial charge on any atom is -0.494 e. The number of aryl methyl sites for hydroxylation is 1. The predicted octanol–water partition coefficient (Wildman–Crippen LogP) is 2.58. The summed E-state index contributed by atoms with van der Waals surface area (Å²) in [6, 6.07) is 6.89. The maximum Gasteiger partial charge on any atom is 0.219 e. The Labute approximate surface area is 127 Å². The highest BCUT2D eigenvalue weighted by Gasteiger charge is 2.19. The molecule has 0 bridgehead atoms. The maximum absolute atomic E-state index is 11.1. The van der Waals surface area contributed by atoms with E-state index in [1.807, 2.05) is 6.07 Å². The molecule has 0 saturated carbocycles. The predicted molar refractivity (Wildman–Crippen MR) is 84.6 cm³/mol. The average molecular weight is 290 g/mol. The molecule has 2 rings (SSSR count). The Balaban J connectivity index is 1.90. The SMILES string of the molecule is CCNC1CCCc2cc(OCCCC(=O)NC)ccc21. The molecule has 1 atom stereocenters. The highest BCUT2D eigenvalue weighted by Crippen LogP contribution is 2.32. The summed E-state index contributed by atoms with van der Waals surface area (Å²) in [6.45, 7) is 3.74. The lowest BCUT2D eigenvalue weighted by Gasteiger charge is -2.26. The van der Waals surface area contributed by atoms with Crippen LogP contribution in [0.1, 0.15) is 49.8 Å². The molecule has 21 heavy (non-hydrogen) atoms. The van der Waals surface area contributed by atoms with Crippen molar-refractivity contribution in [2.24, 2.45) is 0 Å². The molecule has 1 aromatic carbocycles. The third-order valence-corrected chi connectivity index (χ3v) is 3.98. The molecule has 0 aromatic heterocycles.